The number of hydrogen-bond acceptors (Lipinski definition) is 4. The average Bonchev–Trinajstić information content (AvgIpc) is 2.60. The van der Waals surface area contributed by atoms with Gasteiger partial charge in [-0.3, -0.25) is 5.43 Å². The van der Waals surface area contributed by atoms with Gasteiger partial charge in [0.1, 0.15) is 11.6 Å². The number of aromatic nitrogens is 1. The van der Waals surface area contributed by atoms with E-state index in [1.807, 2.05) is 42.5 Å². The second-order valence-corrected chi connectivity index (χ2v) is 5.39. The third kappa shape index (κ3) is 6.51. The Bertz CT molecular complexity index is 584. The molecule has 4 nitrogen and oxygen atoms in total. The van der Waals surface area contributed by atoms with E-state index in [1.165, 1.54) is 25.7 Å². The van der Waals surface area contributed by atoms with Crippen LogP contribution in [-0.4, -0.2) is 17.8 Å². The van der Waals surface area contributed by atoms with E-state index in [1.54, 1.807) is 12.4 Å². The highest BCUT2D eigenvalue weighted by Crippen LogP contribution is 2.16. The van der Waals surface area contributed by atoms with E-state index in [0.29, 0.717) is 0 Å². The molecule has 2 rings (SSSR count). The third-order valence-corrected chi connectivity index (χ3v) is 3.47. The van der Waals surface area contributed by atoms with Crippen LogP contribution in [0.5, 0.6) is 5.75 Å². The van der Waals surface area contributed by atoms with Crippen molar-refractivity contribution in [2.45, 2.75) is 39.0 Å². The van der Waals surface area contributed by atoms with Gasteiger partial charge < -0.3 is 4.74 Å². The number of para-hydroxylation sites is 1. The third-order valence-electron chi connectivity index (χ3n) is 3.47. The Hall–Kier alpha value is -2.36. The van der Waals surface area contributed by atoms with Crippen LogP contribution in [0.1, 0.15) is 44.6 Å². The first-order valence-corrected chi connectivity index (χ1v) is 8.32. The molecule has 0 aliphatic heterocycles. The molecule has 1 aromatic carbocycles. The number of nitrogens with one attached hydrogen (secondary N) is 1. The number of hydrogen-bond donors (Lipinski definition) is 1. The number of hydrazone groups is 1. The second-order valence-electron chi connectivity index (χ2n) is 5.39. The molecule has 122 valence electrons. The quantitative estimate of drug-likeness (QED) is 0.386. The summed E-state index contributed by atoms with van der Waals surface area (Å²) in [5.41, 5.74) is 3.88. The van der Waals surface area contributed by atoms with Crippen LogP contribution in [-0.2, 0) is 0 Å². The number of rotatable bonds is 10. The van der Waals surface area contributed by atoms with E-state index < -0.39 is 0 Å². The highest BCUT2D eigenvalue weighted by Gasteiger charge is 2.00. The van der Waals surface area contributed by atoms with Crippen LogP contribution in [0.3, 0.4) is 0 Å². The zero-order valence-electron chi connectivity index (χ0n) is 13.7. The Kier molecular flexibility index (Phi) is 7.67. The van der Waals surface area contributed by atoms with Crippen molar-refractivity contribution in [1.82, 2.24) is 4.98 Å². The van der Waals surface area contributed by atoms with Crippen molar-refractivity contribution < 1.29 is 4.74 Å². The molecule has 0 atom stereocenters. The summed E-state index contributed by atoms with van der Waals surface area (Å²) >= 11 is 0. The summed E-state index contributed by atoms with van der Waals surface area (Å²) < 4.78 is 5.89. The van der Waals surface area contributed by atoms with Crippen LogP contribution in [0, 0.1) is 0 Å². The Morgan fingerprint density at radius 3 is 2.70 bits per heavy atom. The molecule has 2 aromatic rings. The van der Waals surface area contributed by atoms with E-state index >= 15 is 0 Å². The lowest BCUT2D eigenvalue weighted by Gasteiger charge is -2.08. The number of benzene rings is 1. The predicted octanol–water partition coefficient (Wildman–Crippen LogP) is 4.88. The van der Waals surface area contributed by atoms with Gasteiger partial charge in [-0.2, -0.15) is 5.10 Å². The lowest BCUT2D eigenvalue weighted by molar-refractivity contribution is 0.304. The molecular formula is C19H25N3O. The Morgan fingerprint density at radius 2 is 1.87 bits per heavy atom. The molecular weight excluding hydrogens is 286 g/mol. The van der Waals surface area contributed by atoms with Gasteiger partial charge in [0.15, 0.2) is 0 Å². The SMILES string of the molecule is CCCCCCCOc1ccccc1/C=N/Nc1ccccn1. The van der Waals surface area contributed by atoms with Gasteiger partial charge in [-0.1, -0.05) is 50.8 Å². The molecule has 4 heteroatoms. The van der Waals surface area contributed by atoms with Crippen molar-refractivity contribution in [1.29, 1.82) is 0 Å². The molecule has 0 aliphatic carbocycles. The molecule has 1 N–H and O–H groups in total. The molecule has 1 aromatic heterocycles. The number of unbranched alkanes of at least 4 members (excludes halogenated alkanes) is 4. The fourth-order valence-corrected chi connectivity index (χ4v) is 2.20. The van der Waals surface area contributed by atoms with Gasteiger partial charge in [0.05, 0.1) is 12.8 Å². The van der Waals surface area contributed by atoms with Crippen LogP contribution >= 0.6 is 0 Å². The van der Waals surface area contributed by atoms with Crippen molar-refractivity contribution in [3.8, 4) is 5.75 Å². The topological polar surface area (TPSA) is 46.5 Å². The highest BCUT2D eigenvalue weighted by molar-refractivity contribution is 5.83. The van der Waals surface area contributed by atoms with Crippen molar-refractivity contribution in [2.24, 2.45) is 5.10 Å². The van der Waals surface area contributed by atoms with Crippen molar-refractivity contribution >= 4 is 12.0 Å². The van der Waals surface area contributed by atoms with Gasteiger partial charge in [-0.15, -0.1) is 0 Å². The number of ether oxygens (including phenoxy) is 1. The van der Waals surface area contributed by atoms with Crippen molar-refractivity contribution in [3.63, 3.8) is 0 Å². The van der Waals surface area contributed by atoms with E-state index in [0.717, 1.165) is 30.2 Å². The van der Waals surface area contributed by atoms with E-state index in [-0.39, 0.29) is 0 Å². The first-order valence-electron chi connectivity index (χ1n) is 8.32. The molecule has 0 spiro atoms. The number of anilines is 1. The van der Waals surface area contributed by atoms with Crippen LogP contribution in [0.4, 0.5) is 5.82 Å². The minimum atomic E-state index is 0.720. The van der Waals surface area contributed by atoms with E-state index in [4.69, 9.17) is 4.74 Å². The largest absolute Gasteiger partial charge is 0.493 e. The molecule has 1 heterocycles. The molecule has 0 fully saturated rings. The van der Waals surface area contributed by atoms with Crippen LogP contribution in [0.2, 0.25) is 0 Å². The first-order chi connectivity index (χ1) is 11.4. The zero-order valence-corrected chi connectivity index (χ0v) is 13.7. The molecule has 0 unspecified atom stereocenters. The summed E-state index contributed by atoms with van der Waals surface area (Å²) in [6, 6.07) is 13.6. The lowest BCUT2D eigenvalue weighted by atomic mass is 10.2. The van der Waals surface area contributed by atoms with Crippen LogP contribution < -0.4 is 10.2 Å². The summed E-state index contributed by atoms with van der Waals surface area (Å²) in [5, 5.41) is 4.22. The van der Waals surface area contributed by atoms with Gasteiger partial charge in [-0.25, -0.2) is 4.98 Å². The highest BCUT2D eigenvalue weighted by atomic mass is 16.5. The molecule has 0 saturated carbocycles. The van der Waals surface area contributed by atoms with Crippen molar-refractivity contribution in [2.75, 3.05) is 12.0 Å². The summed E-state index contributed by atoms with van der Waals surface area (Å²) in [7, 11) is 0. The van der Waals surface area contributed by atoms with Gasteiger partial charge in [0, 0.05) is 11.8 Å². The molecule has 0 aliphatic rings. The molecule has 0 amide bonds. The summed E-state index contributed by atoms with van der Waals surface area (Å²) in [4.78, 5) is 4.16. The molecule has 23 heavy (non-hydrogen) atoms. The fourth-order valence-electron chi connectivity index (χ4n) is 2.20. The average molecular weight is 311 g/mol. The minimum absolute atomic E-state index is 0.720. The summed E-state index contributed by atoms with van der Waals surface area (Å²) in [5.74, 6) is 1.59. The van der Waals surface area contributed by atoms with Crippen LogP contribution in [0.25, 0.3) is 0 Å². The standard InChI is InChI=1S/C19H25N3O/c1-2-3-4-5-10-15-23-18-12-7-6-11-17(18)16-21-22-19-13-8-9-14-20-19/h6-9,11-14,16H,2-5,10,15H2,1H3,(H,20,22)/b21-16+. The van der Waals surface area contributed by atoms with Gasteiger partial charge in [-0.05, 0) is 30.7 Å². The normalized spacial score (nSPS) is 10.8. The van der Waals surface area contributed by atoms with Gasteiger partial charge in [0.2, 0.25) is 0 Å². The Labute approximate surface area is 138 Å². The van der Waals surface area contributed by atoms with Crippen LogP contribution in [0.15, 0.2) is 53.8 Å². The number of nitrogens with zero attached hydrogens (tertiary/aromatic N) is 2. The van der Waals surface area contributed by atoms with Crippen molar-refractivity contribution in [3.05, 3.63) is 54.2 Å². The maximum absolute atomic E-state index is 5.89. The summed E-state index contributed by atoms with van der Waals surface area (Å²) in [6.07, 6.45) is 9.68. The fraction of sp³-hybridized carbons (Fsp3) is 0.368. The summed E-state index contributed by atoms with van der Waals surface area (Å²) in [6.45, 7) is 2.98. The first kappa shape index (κ1) is 17.0. The van der Waals surface area contributed by atoms with Gasteiger partial charge in [0.25, 0.3) is 0 Å². The smallest absolute Gasteiger partial charge is 0.146 e. The predicted molar refractivity (Wildman–Crippen MR) is 96.1 cm³/mol. The van der Waals surface area contributed by atoms with E-state index in [2.05, 4.69) is 22.4 Å². The maximum Gasteiger partial charge on any atom is 0.146 e. The molecule has 0 bridgehead atoms. The lowest BCUT2D eigenvalue weighted by Crippen LogP contribution is -2.00. The van der Waals surface area contributed by atoms with E-state index in [9.17, 15) is 0 Å². The van der Waals surface area contributed by atoms with Gasteiger partial charge >= 0.3 is 0 Å². The number of pyridine rings is 1. The zero-order chi connectivity index (χ0) is 16.2. The Morgan fingerprint density at radius 1 is 1.04 bits per heavy atom. The second kappa shape index (κ2) is 10.4. The minimum Gasteiger partial charge on any atom is -0.493 e. The monoisotopic (exact) mass is 311 g/mol. The molecule has 0 radical (unpaired) electrons. The maximum atomic E-state index is 5.89. The molecule has 0 saturated heterocycles. The Balaban J connectivity index is 1.82.